The van der Waals surface area contributed by atoms with Crippen LogP contribution in [0.4, 0.5) is 5.13 Å². The van der Waals surface area contributed by atoms with Crippen LogP contribution in [0.1, 0.15) is 6.42 Å². The summed E-state index contributed by atoms with van der Waals surface area (Å²) in [5, 5.41) is 11.8. The van der Waals surface area contributed by atoms with Crippen LogP contribution in [0.15, 0.2) is 51.7 Å². The molecule has 0 saturated carbocycles. The number of ether oxygens (including phenoxy) is 2. The summed E-state index contributed by atoms with van der Waals surface area (Å²) in [5.41, 5.74) is 1.86. The van der Waals surface area contributed by atoms with Gasteiger partial charge in [-0.3, -0.25) is 9.36 Å². The van der Waals surface area contributed by atoms with Gasteiger partial charge in [-0.15, -0.1) is 10.2 Å². The lowest BCUT2D eigenvalue weighted by atomic mass is 10.2. The molecule has 0 spiro atoms. The van der Waals surface area contributed by atoms with Gasteiger partial charge in [0.15, 0.2) is 22.1 Å². The fraction of sp³-hybridized carbons (Fsp3) is 0.200. The van der Waals surface area contributed by atoms with Crippen LogP contribution < -0.4 is 20.5 Å². The van der Waals surface area contributed by atoms with Crippen LogP contribution >= 0.6 is 11.3 Å². The van der Waals surface area contributed by atoms with Crippen molar-refractivity contribution in [2.24, 2.45) is 0 Å². The van der Waals surface area contributed by atoms with Crippen molar-refractivity contribution in [1.29, 1.82) is 0 Å². The average molecular weight is 426 g/mol. The van der Waals surface area contributed by atoms with Gasteiger partial charge in [0.25, 0.3) is 0 Å². The number of para-hydroxylation sites is 3. The first-order valence-corrected chi connectivity index (χ1v) is 9.85. The van der Waals surface area contributed by atoms with Crippen LogP contribution in [0.5, 0.6) is 11.5 Å². The second kappa shape index (κ2) is 8.37. The number of nitrogens with zero attached hydrogens (tertiary/aromatic N) is 3. The van der Waals surface area contributed by atoms with Crippen molar-refractivity contribution in [2.75, 3.05) is 19.5 Å². The maximum atomic E-state index is 12.4. The molecule has 30 heavy (non-hydrogen) atoms. The van der Waals surface area contributed by atoms with Gasteiger partial charge in [0, 0.05) is 13.0 Å². The van der Waals surface area contributed by atoms with Crippen LogP contribution in [-0.4, -0.2) is 34.9 Å². The van der Waals surface area contributed by atoms with Gasteiger partial charge in [0.2, 0.25) is 11.0 Å². The molecule has 0 saturated heterocycles. The molecular weight excluding hydrogens is 408 g/mol. The zero-order valence-corrected chi connectivity index (χ0v) is 17.1. The largest absolute Gasteiger partial charge is 0.493 e. The summed E-state index contributed by atoms with van der Waals surface area (Å²) in [5.74, 6) is 0.341. The molecule has 9 nitrogen and oxygen atoms in total. The number of aryl methyl sites for hydroxylation is 1. The summed E-state index contributed by atoms with van der Waals surface area (Å²) in [7, 11) is 3.11. The topological polar surface area (TPSA) is 108 Å². The number of nitrogens with one attached hydrogen (secondary N) is 1. The number of carbonyl (C=O) groups is 1. The highest BCUT2D eigenvalue weighted by atomic mass is 32.1. The highest BCUT2D eigenvalue weighted by Gasteiger charge is 2.17. The molecule has 0 unspecified atom stereocenters. The molecule has 0 fully saturated rings. The highest BCUT2D eigenvalue weighted by Crippen LogP contribution is 2.39. The fourth-order valence-electron chi connectivity index (χ4n) is 3.06. The predicted octanol–water partition coefficient (Wildman–Crippen LogP) is 3.16. The van der Waals surface area contributed by atoms with Crippen molar-refractivity contribution in [2.45, 2.75) is 13.0 Å². The first-order valence-electron chi connectivity index (χ1n) is 9.04. The highest BCUT2D eigenvalue weighted by molar-refractivity contribution is 7.18. The molecule has 2 heterocycles. The van der Waals surface area contributed by atoms with Crippen LogP contribution in [0, 0.1) is 0 Å². The Hall–Kier alpha value is -3.66. The van der Waals surface area contributed by atoms with Gasteiger partial charge in [-0.25, -0.2) is 4.79 Å². The number of carbonyl (C=O) groups excluding carboxylic acids is 1. The molecule has 0 aliphatic rings. The Balaban J connectivity index is 1.46. The van der Waals surface area contributed by atoms with Crippen LogP contribution in [0.25, 0.3) is 21.7 Å². The number of oxazole rings is 1. The Morgan fingerprint density at radius 1 is 1.13 bits per heavy atom. The van der Waals surface area contributed by atoms with E-state index in [0.717, 1.165) is 0 Å². The monoisotopic (exact) mass is 426 g/mol. The van der Waals surface area contributed by atoms with E-state index in [1.165, 1.54) is 15.9 Å². The Morgan fingerprint density at radius 2 is 1.97 bits per heavy atom. The van der Waals surface area contributed by atoms with E-state index < -0.39 is 5.76 Å². The van der Waals surface area contributed by atoms with E-state index in [9.17, 15) is 9.59 Å². The van der Waals surface area contributed by atoms with Crippen molar-refractivity contribution in [3.8, 4) is 22.1 Å². The van der Waals surface area contributed by atoms with E-state index in [1.807, 2.05) is 18.2 Å². The lowest BCUT2D eigenvalue weighted by Crippen LogP contribution is -2.19. The van der Waals surface area contributed by atoms with E-state index in [2.05, 4.69) is 15.5 Å². The number of anilines is 1. The summed E-state index contributed by atoms with van der Waals surface area (Å²) in [6.45, 7) is 0.192. The van der Waals surface area contributed by atoms with Crippen molar-refractivity contribution >= 4 is 33.5 Å². The molecule has 154 valence electrons. The molecule has 4 aromatic rings. The third-order valence-electron chi connectivity index (χ3n) is 4.44. The average Bonchev–Trinajstić information content (AvgIpc) is 3.35. The third-order valence-corrected chi connectivity index (χ3v) is 5.31. The van der Waals surface area contributed by atoms with Gasteiger partial charge < -0.3 is 19.2 Å². The number of methoxy groups -OCH3 is 2. The summed E-state index contributed by atoms with van der Waals surface area (Å²) in [6.07, 6.45) is 0.0842. The second-order valence-electron chi connectivity index (χ2n) is 6.24. The number of rotatable bonds is 7. The molecule has 2 aromatic carbocycles. The van der Waals surface area contributed by atoms with Gasteiger partial charge in [-0.2, -0.15) is 0 Å². The lowest BCUT2D eigenvalue weighted by Gasteiger charge is -2.10. The minimum Gasteiger partial charge on any atom is -0.493 e. The molecule has 0 atom stereocenters. The number of hydrogen-bond donors (Lipinski definition) is 1. The van der Waals surface area contributed by atoms with Gasteiger partial charge in [0.05, 0.1) is 25.3 Å². The van der Waals surface area contributed by atoms with Gasteiger partial charge in [-0.1, -0.05) is 29.5 Å². The van der Waals surface area contributed by atoms with E-state index in [0.29, 0.717) is 38.3 Å². The maximum Gasteiger partial charge on any atom is 0.419 e. The second-order valence-corrected chi connectivity index (χ2v) is 7.22. The van der Waals surface area contributed by atoms with Crippen LogP contribution in [0.2, 0.25) is 0 Å². The molecule has 10 heteroatoms. The normalized spacial score (nSPS) is 10.9. The number of fused-ring (bicyclic) bond motifs is 1. The minimum absolute atomic E-state index is 0.0842. The molecule has 1 N–H and O–H groups in total. The van der Waals surface area contributed by atoms with Gasteiger partial charge in [-0.05, 0) is 24.3 Å². The number of benzene rings is 2. The Morgan fingerprint density at radius 3 is 2.77 bits per heavy atom. The molecular formula is C20H18N4O5S. The van der Waals surface area contributed by atoms with E-state index in [-0.39, 0.29) is 18.9 Å². The molecule has 0 bridgehead atoms. The van der Waals surface area contributed by atoms with Crippen LogP contribution in [0.3, 0.4) is 0 Å². The third kappa shape index (κ3) is 3.77. The standard InChI is InChI=1S/C20H18N4O5S/c1-27-15-9-5-6-12(17(15)28-2)18-22-23-19(30-18)21-16(25)10-11-24-13-7-3-4-8-14(13)29-20(24)26/h3-9H,10-11H2,1-2H3,(H,21,23,25). The van der Waals surface area contributed by atoms with Crippen molar-refractivity contribution in [1.82, 2.24) is 14.8 Å². The predicted molar refractivity (Wildman–Crippen MR) is 112 cm³/mol. The quantitative estimate of drug-likeness (QED) is 0.483. The van der Waals surface area contributed by atoms with E-state index in [4.69, 9.17) is 13.9 Å². The Bertz CT molecular complexity index is 1260. The molecule has 0 aliphatic heterocycles. The minimum atomic E-state index is -0.493. The zero-order valence-electron chi connectivity index (χ0n) is 16.2. The number of hydrogen-bond acceptors (Lipinski definition) is 8. The number of amides is 1. The Kier molecular flexibility index (Phi) is 5.48. The molecule has 0 aliphatic carbocycles. The zero-order chi connectivity index (χ0) is 21.1. The molecule has 1 amide bonds. The van der Waals surface area contributed by atoms with Crippen molar-refractivity contribution < 1.29 is 18.7 Å². The van der Waals surface area contributed by atoms with Gasteiger partial charge >= 0.3 is 5.76 Å². The summed E-state index contributed by atoms with van der Waals surface area (Å²) >= 11 is 1.22. The smallest absolute Gasteiger partial charge is 0.419 e. The van der Waals surface area contributed by atoms with Crippen molar-refractivity contribution in [3.05, 3.63) is 53.0 Å². The van der Waals surface area contributed by atoms with Gasteiger partial charge in [0.1, 0.15) is 0 Å². The summed E-state index contributed by atoms with van der Waals surface area (Å²) < 4.78 is 17.3. The number of aromatic nitrogens is 3. The van der Waals surface area contributed by atoms with Crippen LogP contribution in [-0.2, 0) is 11.3 Å². The summed E-state index contributed by atoms with van der Waals surface area (Å²) in [6, 6.07) is 12.5. The molecule has 2 aromatic heterocycles. The first kappa shape index (κ1) is 19.6. The van der Waals surface area contributed by atoms with Crippen molar-refractivity contribution in [3.63, 3.8) is 0 Å². The summed E-state index contributed by atoms with van der Waals surface area (Å²) in [4.78, 5) is 24.4. The van der Waals surface area contributed by atoms with E-state index in [1.54, 1.807) is 38.5 Å². The maximum absolute atomic E-state index is 12.4. The first-order chi connectivity index (χ1) is 14.6. The van der Waals surface area contributed by atoms with E-state index >= 15 is 0 Å². The molecule has 0 radical (unpaired) electrons. The SMILES string of the molecule is COc1cccc(-c2nnc(NC(=O)CCn3c(=O)oc4ccccc43)s2)c1OC. The Labute approximate surface area is 174 Å². The molecule has 4 rings (SSSR count). The fourth-order valence-corrected chi connectivity index (χ4v) is 3.84. The lowest BCUT2D eigenvalue weighted by molar-refractivity contribution is -0.116.